The molecule has 4 rings (SSSR count). The number of hydrogen-bond acceptors (Lipinski definition) is 2. The van der Waals surface area contributed by atoms with Crippen LogP contribution in [0.25, 0.3) is 0 Å². The lowest BCUT2D eigenvalue weighted by atomic mass is 9.98. The summed E-state index contributed by atoms with van der Waals surface area (Å²) >= 11 is 6.13. The summed E-state index contributed by atoms with van der Waals surface area (Å²) in [6.45, 7) is 1.87. The summed E-state index contributed by atoms with van der Waals surface area (Å²) in [6, 6.07) is 17.0. The third-order valence-electron chi connectivity index (χ3n) is 3.85. The highest BCUT2D eigenvalue weighted by Gasteiger charge is 2.37. The Morgan fingerprint density at radius 1 is 1.11 bits per heavy atom. The lowest BCUT2D eigenvalue weighted by Gasteiger charge is -2.23. The van der Waals surface area contributed by atoms with Crippen molar-refractivity contribution in [3.05, 3.63) is 70.2 Å². The van der Waals surface area contributed by atoms with E-state index in [0.29, 0.717) is 0 Å². The van der Waals surface area contributed by atoms with Gasteiger partial charge in [-0.25, -0.2) is 0 Å². The zero-order chi connectivity index (χ0) is 12.8. The van der Waals surface area contributed by atoms with Gasteiger partial charge in [0.05, 0.1) is 12.6 Å². The fourth-order valence-electron chi connectivity index (χ4n) is 3.07. The second kappa shape index (κ2) is 4.10. The fraction of sp³-hybridized carbons (Fsp3) is 0.188. The van der Waals surface area contributed by atoms with Gasteiger partial charge in [0.2, 0.25) is 0 Å². The van der Waals surface area contributed by atoms with Crippen molar-refractivity contribution >= 4 is 17.4 Å². The summed E-state index contributed by atoms with van der Waals surface area (Å²) in [6.07, 6.45) is 0. The van der Waals surface area contributed by atoms with Gasteiger partial charge in [-0.05, 0) is 23.3 Å². The van der Waals surface area contributed by atoms with E-state index in [2.05, 4.69) is 46.3 Å². The molecule has 0 aromatic heterocycles. The Labute approximate surface area is 117 Å². The van der Waals surface area contributed by atoms with Crippen LogP contribution in [0.5, 0.6) is 0 Å². The van der Waals surface area contributed by atoms with Crippen LogP contribution < -0.4 is 0 Å². The fourth-order valence-corrected chi connectivity index (χ4v) is 3.25. The predicted octanol–water partition coefficient (Wildman–Crippen LogP) is 3.51. The molecule has 2 aliphatic rings. The van der Waals surface area contributed by atoms with Gasteiger partial charge in [-0.3, -0.25) is 4.99 Å². The highest BCUT2D eigenvalue weighted by atomic mass is 35.5. The average molecular weight is 269 g/mol. The molecule has 2 heterocycles. The summed E-state index contributed by atoms with van der Waals surface area (Å²) < 4.78 is 0. The van der Waals surface area contributed by atoms with Gasteiger partial charge in [0.1, 0.15) is 5.84 Å². The first-order valence-electron chi connectivity index (χ1n) is 6.50. The van der Waals surface area contributed by atoms with Gasteiger partial charge in [-0.15, -0.1) is 0 Å². The second-order valence-electron chi connectivity index (χ2n) is 4.94. The van der Waals surface area contributed by atoms with Crippen LogP contribution in [0.1, 0.15) is 22.7 Å². The van der Waals surface area contributed by atoms with Crippen molar-refractivity contribution in [1.29, 1.82) is 0 Å². The highest BCUT2D eigenvalue weighted by Crippen LogP contribution is 2.41. The molecule has 19 heavy (non-hydrogen) atoms. The SMILES string of the molecule is Clc1ccc2c(c1)C1=NCCN1C2c1ccccc1. The lowest BCUT2D eigenvalue weighted by molar-refractivity contribution is 0.406. The van der Waals surface area contributed by atoms with E-state index in [-0.39, 0.29) is 6.04 Å². The molecule has 2 aliphatic heterocycles. The van der Waals surface area contributed by atoms with E-state index in [1.54, 1.807) is 0 Å². The van der Waals surface area contributed by atoms with Gasteiger partial charge in [0.25, 0.3) is 0 Å². The number of fused-ring (bicyclic) bond motifs is 3. The summed E-state index contributed by atoms with van der Waals surface area (Å²) in [5.74, 6) is 1.10. The maximum absolute atomic E-state index is 6.13. The minimum atomic E-state index is 0.287. The van der Waals surface area contributed by atoms with Crippen LogP contribution in [-0.2, 0) is 0 Å². The minimum absolute atomic E-state index is 0.287. The normalized spacial score (nSPS) is 20.2. The molecule has 2 nitrogen and oxygen atoms in total. The molecule has 0 radical (unpaired) electrons. The Bertz CT molecular complexity index is 664. The van der Waals surface area contributed by atoms with Gasteiger partial charge in [0.15, 0.2) is 0 Å². The molecule has 0 aliphatic carbocycles. The van der Waals surface area contributed by atoms with Gasteiger partial charge >= 0.3 is 0 Å². The Balaban J connectivity index is 1.92. The summed E-state index contributed by atoms with van der Waals surface area (Å²) in [5, 5.41) is 0.780. The van der Waals surface area contributed by atoms with Crippen molar-refractivity contribution in [1.82, 2.24) is 4.90 Å². The summed E-state index contributed by atoms with van der Waals surface area (Å²) in [5.41, 5.74) is 3.83. The van der Waals surface area contributed by atoms with Crippen LogP contribution in [0.15, 0.2) is 53.5 Å². The molecule has 2 aromatic rings. The molecule has 0 bridgehead atoms. The predicted molar refractivity (Wildman–Crippen MR) is 77.8 cm³/mol. The Kier molecular flexibility index (Phi) is 2.39. The van der Waals surface area contributed by atoms with Crippen molar-refractivity contribution in [3.8, 4) is 0 Å². The van der Waals surface area contributed by atoms with E-state index in [9.17, 15) is 0 Å². The lowest BCUT2D eigenvalue weighted by Crippen LogP contribution is -2.26. The quantitative estimate of drug-likeness (QED) is 0.773. The van der Waals surface area contributed by atoms with Crippen LogP contribution in [-0.4, -0.2) is 23.8 Å². The van der Waals surface area contributed by atoms with Gasteiger partial charge in [-0.2, -0.15) is 0 Å². The molecular weight excluding hydrogens is 256 g/mol. The third kappa shape index (κ3) is 1.60. The van der Waals surface area contributed by atoms with E-state index in [1.807, 2.05) is 12.1 Å². The minimum Gasteiger partial charge on any atom is -0.343 e. The molecule has 94 valence electrons. The second-order valence-corrected chi connectivity index (χ2v) is 5.38. The van der Waals surface area contributed by atoms with Crippen LogP contribution in [0.2, 0.25) is 5.02 Å². The number of halogens is 1. The largest absolute Gasteiger partial charge is 0.343 e. The van der Waals surface area contributed by atoms with Crippen molar-refractivity contribution in [3.63, 3.8) is 0 Å². The third-order valence-corrected chi connectivity index (χ3v) is 4.09. The van der Waals surface area contributed by atoms with E-state index < -0.39 is 0 Å². The molecule has 2 aromatic carbocycles. The zero-order valence-electron chi connectivity index (χ0n) is 10.4. The van der Waals surface area contributed by atoms with E-state index in [0.717, 1.165) is 23.9 Å². The van der Waals surface area contributed by atoms with Gasteiger partial charge in [-0.1, -0.05) is 48.0 Å². The smallest absolute Gasteiger partial charge is 0.132 e. The Morgan fingerprint density at radius 3 is 2.79 bits per heavy atom. The van der Waals surface area contributed by atoms with Crippen molar-refractivity contribution < 1.29 is 0 Å². The molecular formula is C16H13ClN2. The number of amidine groups is 1. The molecule has 0 saturated carbocycles. The molecule has 0 N–H and O–H groups in total. The van der Waals surface area contributed by atoms with E-state index >= 15 is 0 Å². The maximum atomic E-state index is 6.13. The number of rotatable bonds is 1. The van der Waals surface area contributed by atoms with Crippen molar-refractivity contribution in [2.45, 2.75) is 6.04 Å². The first kappa shape index (κ1) is 11.1. The monoisotopic (exact) mass is 268 g/mol. The molecule has 0 amide bonds. The molecule has 1 unspecified atom stereocenters. The molecule has 3 heteroatoms. The number of nitrogens with zero attached hydrogens (tertiary/aromatic N) is 2. The van der Waals surface area contributed by atoms with Crippen LogP contribution >= 0.6 is 11.6 Å². The standard InChI is InChI=1S/C16H13ClN2/c17-12-6-7-13-14(10-12)16-18-8-9-19(16)15(13)11-4-2-1-3-5-11/h1-7,10,15H,8-9H2. The highest BCUT2D eigenvalue weighted by molar-refractivity contribution is 6.31. The molecule has 0 fully saturated rings. The van der Waals surface area contributed by atoms with Crippen LogP contribution in [0.3, 0.4) is 0 Å². The van der Waals surface area contributed by atoms with Gasteiger partial charge < -0.3 is 4.90 Å². The number of hydrogen-bond donors (Lipinski definition) is 0. The van der Waals surface area contributed by atoms with Crippen molar-refractivity contribution in [2.75, 3.05) is 13.1 Å². The summed E-state index contributed by atoms with van der Waals surface area (Å²) in [7, 11) is 0. The summed E-state index contributed by atoms with van der Waals surface area (Å²) in [4.78, 5) is 7.03. The first-order valence-corrected chi connectivity index (χ1v) is 6.88. The van der Waals surface area contributed by atoms with Crippen LogP contribution in [0, 0.1) is 0 Å². The van der Waals surface area contributed by atoms with Gasteiger partial charge in [0, 0.05) is 17.1 Å². The molecule has 1 atom stereocenters. The molecule has 0 saturated heterocycles. The number of benzene rings is 2. The number of aliphatic imine (C=N–C) groups is 1. The van der Waals surface area contributed by atoms with E-state index in [4.69, 9.17) is 11.6 Å². The Hall–Kier alpha value is -1.80. The zero-order valence-corrected chi connectivity index (χ0v) is 11.1. The molecule has 0 spiro atoms. The topological polar surface area (TPSA) is 15.6 Å². The first-order chi connectivity index (χ1) is 9.34. The van der Waals surface area contributed by atoms with Crippen molar-refractivity contribution in [2.24, 2.45) is 4.99 Å². The van der Waals surface area contributed by atoms with E-state index in [1.165, 1.54) is 16.7 Å². The Morgan fingerprint density at radius 2 is 1.95 bits per heavy atom. The van der Waals surface area contributed by atoms with Crippen LogP contribution in [0.4, 0.5) is 0 Å². The average Bonchev–Trinajstić information content (AvgIpc) is 3.00. The maximum Gasteiger partial charge on any atom is 0.132 e.